The van der Waals surface area contributed by atoms with Crippen LogP contribution in [0.15, 0.2) is 89.4 Å². The minimum Gasteiger partial charge on any atom is -0.194 e. The third-order valence-electron chi connectivity index (χ3n) is 7.01. The van der Waals surface area contributed by atoms with Gasteiger partial charge in [0.2, 0.25) is 0 Å². The lowest BCUT2D eigenvalue weighted by Crippen LogP contribution is -2.43. The molecule has 0 unspecified atom stereocenters. The van der Waals surface area contributed by atoms with Crippen molar-refractivity contribution in [2.24, 2.45) is 0 Å². The van der Waals surface area contributed by atoms with Gasteiger partial charge < -0.3 is 0 Å². The van der Waals surface area contributed by atoms with Gasteiger partial charge in [0.05, 0.1) is 0 Å². The fourth-order valence-electron chi connectivity index (χ4n) is 5.44. The molecule has 0 atom stereocenters. The predicted octanol–water partition coefficient (Wildman–Crippen LogP) is 10.2. The SMILES string of the molecule is Cc1cc(-c2ccccc2)c2c3c(c4c(-c5ccccc5)cc(Br)cc4c2c1)C(F)(F)C(F)(F)C3(F)F. The van der Waals surface area contributed by atoms with Gasteiger partial charge in [0.15, 0.2) is 0 Å². The highest BCUT2D eigenvalue weighted by molar-refractivity contribution is 9.10. The van der Waals surface area contributed by atoms with E-state index >= 15 is 26.3 Å². The normalized spacial score (nSPS) is 17.3. The molecular formula is C30H17BrF6. The molecule has 0 aliphatic heterocycles. The zero-order chi connectivity index (χ0) is 26.3. The van der Waals surface area contributed by atoms with Crippen molar-refractivity contribution in [2.45, 2.75) is 24.7 Å². The summed E-state index contributed by atoms with van der Waals surface area (Å²) in [6.07, 6.45) is 0. The summed E-state index contributed by atoms with van der Waals surface area (Å²) < 4.78 is 93.2. The third-order valence-corrected chi connectivity index (χ3v) is 7.47. The molecule has 0 aromatic heterocycles. The molecule has 6 rings (SSSR count). The Balaban J connectivity index is 1.96. The lowest BCUT2D eigenvalue weighted by atomic mass is 9.84. The molecule has 0 heterocycles. The fraction of sp³-hybridized carbons (Fsp3) is 0.133. The second-order valence-corrected chi connectivity index (χ2v) is 10.2. The van der Waals surface area contributed by atoms with Crippen molar-refractivity contribution in [2.75, 3.05) is 0 Å². The van der Waals surface area contributed by atoms with E-state index in [1.165, 1.54) is 12.1 Å². The Labute approximate surface area is 216 Å². The maximum atomic E-state index is 15.6. The summed E-state index contributed by atoms with van der Waals surface area (Å²) in [6, 6.07) is 22.9. The van der Waals surface area contributed by atoms with E-state index in [4.69, 9.17) is 0 Å². The molecule has 1 aliphatic rings. The Kier molecular flexibility index (Phi) is 5.09. The van der Waals surface area contributed by atoms with Gasteiger partial charge in [-0.2, -0.15) is 26.3 Å². The zero-order valence-corrected chi connectivity index (χ0v) is 20.8. The Morgan fingerprint density at radius 1 is 0.568 bits per heavy atom. The number of halogens is 7. The van der Waals surface area contributed by atoms with Crippen LogP contribution in [0.1, 0.15) is 16.7 Å². The van der Waals surface area contributed by atoms with Gasteiger partial charge in [0.1, 0.15) is 0 Å². The zero-order valence-electron chi connectivity index (χ0n) is 19.2. The summed E-state index contributed by atoms with van der Waals surface area (Å²) in [4.78, 5) is 0. The molecule has 0 bridgehead atoms. The summed E-state index contributed by atoms with van der Waals surface area (Å²) in [6.45, 7) is 1.75. The van der Waals surface area contributed by atoms with Gasteiger partial charge in [-0.3, -0.25) is 0 Å². The molecule has 0 radical (unpaired) electrons. The quantitative estimate of drug-likeness (QED) is 0.146. The molecule has 7 heteroatoms. The van der Waals surface area contributed by atoms with Crippen molar-refractivity contribution >= 4 is 37.5 Å². The fourth-order valence-corrected chi connectivity index (χ4v) is 5.89. The predicted molar refractivity (Wildman–Crippen MR) is 137 cm³/mol. The van der Waals surface area contributed by atoms with Gasteiger partial charge >= 0.3 is 17.8 Å². The Morgan fingerprint density at radius 2 is 1.00 bits per heavy atom. The van der Waals surface area contributed by atoms with Crippen LogP contribution in [-0.2, 0) is 11.8 Å². The average molecular weight is 571 g/mol. The minimum absolute atomic E-state index is 0.166. The van der Waals surface area contributed by atoms with E-state index < -0.39 is 28.9 Å². The van der Waals surface area contributed by atoms with E-state index in [-0.39, 0.29) is 32.7 Å². The first-order valence-corrected chi connectivity index (χ1v) is 12.2. The maximum absolute atomic E-state index is 15.6. The summed E-state index contributed by atoms with van der Waals surface area (Å²) in [5.41, 5.74) is -0.692. The summed E-state index contributed by atoms with van der Waals surface area (Å²) in [7, 11) is 0. The lowest BCUT2D eigenvalue weighted by molar-refractivity contribution is -0.301. The van der Waals surface area contributed by atoms with Crippen LogP contribution in [0.3, 0.4) is 0 Å². The summed E-state index contributed by atoms with van der Waals surface area (Å²) >= 11 is 3.42. The number of benzene rings is 5. The number of rotatable bonds is 2. The van der Waals surface area contributed by atoms with E-state index in [1.807, 2.05) is 0 Å². The number of alkyl halides is 6. The van der Waals surface area contributed by atoms with Gasteiger partial charge in [0, 0.05) is 26.4 Å². The number of aryl methyl sites for hydroxylation is 1. The van der Waals surface area contributed by atoms with Gasteiger partial charge in [-0.1, -0.05) is 88.7 Å². The van der Waals surface area contributed by atoms with Crippen molar-refractivity contribution in [1.29, 1.82) is 0 Å². The number of hydrogen-bond acceptors (Lipinski definition) is 0. The molecule has 0 amide bonds. The van der Waals surface area contributed by atoms with E-state index in [1.54, 1.807) is 79.7 Å². The van der Waals surface area contributed by atoms with Crippen molar-refractivity contribution in [3.8, 4) is 22.3 Å². The van der Waals surface area contributed by atoms with Crippen LogP contribution in [-0.4, -0.2) is 5.92 Å². The Morgan fingerprint density at radius 3 is 1.49 bits per heavy atom. The van der Waals surface area contributed by atoms with Crippen LogP contribution >= 0.6 is 15.9 Å². The number of hydrogen-bond donors (Lipinski definition) is 0. The highest BCUT2D eigenvalue weighted by Gasteiger charge is 2.80. The minimum atomic E-state index is -5.62. The van der Waals surface area contributed by atoms with Crippen molar-refractivity contribution in [1.82, 2.24) is 0 Å². The van der Waals surface area contributed by atoms with E-state index in [0.717, 1.165) is 0 Å². The number of fused-ring (bicyclic) bond motifs is 6. The first-order chi connectivity index (χ1) is 17.5. The van der Waals surface area contributed by atoms with Crippen LogP contribution in [0.25, 0.3) is 43.8 Å². The van der Waals surface area contributed by atoms with Crippen molar-refractivity contribution in [3.63, 3.8) is 0 Å². The van der Waals surface area contributed by atoms with Crippen LogP contribution in [0.2, 0.25) is 0 Å². The van der Waals surface area contributed by atoms with E-state index in [0.29, 0.717) is 21.2 Å². The van der Waals surface area contributed by atoms with Crippen LogP contribution in [0.5, 0.6) is 0 Å². The Hall–Kier alpha value is -3.32. The molecule has 1 aliphatic carbocycles. The van der Waals surface area contributed by atoms with Gasteiger partial charge in [-0.05, 0) is 57.6 Å². The molecule has 0 spiro atoms. The molecule has 0 fully saturated rings. The van der Waals surface area contributed by atoms with Gasteiger partial charge in [-0.15, -0.1) is 0 Å². The highest BCUT2D eigenvalue weighted by atomic mass is 79.9. The van der Waals surface area contributed by atoms with E-state index in [2.05, 4.69) is 15.9 Å². The molecule has 0 N–H and O–H groups in total. The smallest absolute Gasteiger partial charge is 0.194 e. The van der Waals surface area contributed by atoms with Crippen LogP contribution in [0.4, 0.5) is 26.3 Å². The Bertz CT molecular complexity index is 1580. The standard InChI is InChI=1S/C30H17BrF6/c1-16-12-20(17-8-4-2-5-9-17)24-22(13-16)23-15-19(31)14-21(18-10-6-3-7-11-18)25(23)27-26(24)28(32,33)30(36,37)29(27,34)35/h2-15H,1H3. The molecule has 37 heavy (non-hydrogen) atoms. The molecule has 5 aromatic rings. The molecule has 0 saturated carbocycles. The van der Waals surface area contributed by atoms with Gasteiger partial charge in [0.25, 0.3) is 0 Å². The average Bonchev–Trinajstić information content (AvgIpc) is 2.98. The lowest BCUT2D eigenvalue weighted by Gasteiger charge is -2.24. The van der Waals surface area contributed by atoms with Gasteiger partial charge in [-0.25, -0.2) is 0 Å². The molecular weight excluding hydrogens is 554 g/mol. The summed E-state index contributed by atoms with van der Waals surface area (Å²) in [5.74, 6) is -15.9. The van der Waals surface area contributed by atoms with E-state index in [9.17, 15) is 0 Å². The first-order valence-electron chi connectivity index (χ1n) is 11.5. The third kappa shape index (κ3) is 3.16. The summed E-state index contributed by atoms with van der Waals surface area (Å²) in [5, 5.41) is -0.197. The van der Waals surface area contributed by atoms with Crippen molar-refractivity contribution < 1.29 is 26.3 Å². The monoisotopic (exact) mass is 570 g/mol. The molecule has 186 valence electrons. The second kappa shape index (κ2) is 7.84. The maximum Gasteiger partial charge on any atom is 0.380 e. The molecule has 0 nitrogen and oxygen atoms in total. The van der Waals surface area contributed by atoms with Crippen LogP contribution in [0, 0.1) is 6.92 Å². The molecule has 5 aromatic carbocycles. The second-order valence-electron chi connectivity index (χ2n) is 9.32. The topological polar surface area (TPSA) is 0 Å². The van der Waals surface area contributed by atoms with Crippen LogP contribution < -0.4 is 0 Å². The van der Waals surface area contributed by atoms with Crippen molar-refractivity contribution in [3.05, 3.63) is 106 Å². The highest BCUT2D eigenvalue weighted by Crippen LogP contribution is 2.67. The largest absolute Gasteiger partial charge is 0.380 e. The first kappa shape index (κ1) is 24.0. The molecule has 0 saturated heterocycles.